The normalized spacial score (nSPS) is 14.3. The third-order valence-electron chi connectivity index (χ3n) is 16.1. The predicted molar refractivity (Wildman–Crippen MR) is 369 cm³/mol. The fourth-order valence-corrected chi connectivity index (χ4v) is 10.3. The van der Waals surface area contributed by atoms with Gasteiger partial charge in [0.05, 0.1) is 12.5 Å². The number of carboxylic acids is 4. The van der Waals surface area contributed by atoms with Crippen LogP contribution in [0.1, 0.15) is 162 Å². The number of hydrogen-bond acceptors (Lipinski definition) is 18. The van der Waals surface area contributed by atoms with Gasteiger partial charge in [0, 0.05) is 39.3 Å². The Kier molecular flexibility index (Phi) is 40.6. The van der Waals surface area contributed by atoms with Crippen molar-refractivity contribution in [3.8, 4) is 0 Å². The summed E-state index contributed by atoms with van der Waals surface area (Å²) in [5.74, 6) is -17.9. The SMILES string of the molecule is CCCC[C@H](NC(=O)[C@H](CCC(N)=O)NC(=O)[C@H](CCCCN)NC(=O)[C@@H](CCc1ccccc1)NC(=O)[C@H](CC(C)C)NC(=O)[C@H](CC(=O)O)NCc1ccccc1)C(=O)N[C@@H](CCC(=O)O)C(=O)N[C@@H](CCC(=O)O)C(=O)N[C@@H](CCC(=O)O)C(=O)N[C@@H](C)C(=O)N[C@H](C(=O)NC)C(C)C. The van der Waals surface area contributed by atoms with Crippen molar-refractivity contribution in [1.29, 1.82) is 0 Å². The van der Waals surface area contributed by atoms with Crippen LogP contribution in [0.3, 0.4) is 0 Å². The second-order valence-corrected chi connectivity index (χ2v) is 25.5. The Morgan fingerprint density at radius 1 is 0.392 bits per heavy atom. The Morgan fingerprint density at radius 2 is 0.755 bits per heavy atom. The van der Waals surface area contributed by atoms with Gasteiger partial charge >= 0.3 is 23.9 Å². The Hall–Kier alpha value is -10.1. The van der Waals surface area contributed by atoms with Crippen LogP contribution in [-0.4, -0.2) is 195 Å². The number of carbonyl (C=O) groups excluding carboxylic acids is 12. The van der Waals surface area contributed by atoms with Gasteiger partial charge in [-0.05, 0) is 107 Å². The van der Waals surface area contributed by atoms with E-state index in [0.29, 0.717) is 12.8 Å². The number of nitrogens with one attached hydrogen (secondary N) is 12. The van der Waals surface area contributed by atoms with E-state index in [4.69, 9.17) is 11.5 Å². The van der Waals surface area contributed by atoms with E-state index >= 15 is 0 Å². The number of unbranched alkanes of at least 4 members (excludes halogenated alkanes) is 2. The lowest BCUT2D eigenvalue weighted by Gasteiger charge is -2.28. The highest BCUT2D eigenvalue weighted by molar-refractivity contribution is 6.00. The topological polar surface area (TPSA) is 550 Å². The van der Waals surface area contributed by atoms with E-state index in [1.165, 1.54) is 14.0 Å². The summed E-state index contributed by atoms with van der Waals surface area (Å²) < 4.78 is 0. The number of aliphatic carboxylic acids is 4. The van der Waals surface area contributed by atoms with E-state index in [1.807, 2.05) is 0 Å². The summed E-state index contributed by atoms with van der Waals surface area (Å²) in [5, 5.41) is 68.9. The zero-order valence-corrected chi connectivity index (χ0v) is 58.9. The summed E-state index contributed by atoms with van der Waals surface area (Å²) in [6.45, 7) is 10.1. The number of hydrogen-bond donors (Lipinski definition) is 18. The van der Waals surface area contributed by atoms with Crippen molar-refractivity contribution in [3.63, 3.8) is 0 Å². The minimum absolute atomic E-state index is 0.0422. The molecule has 34 nitrogen and oxygen atoms in total. The van der Waals surface area contributed by atoms with Crippen molar-refractivity contribution in [2.75, 3.05) is 13.6 Å². The number of carboxylic acid groups (broad SMARTS) is 4. The van der Waals surface area contributed by atoms with Gasteiger partial charge in [-0.25, -0.2) is 0 Å². The number of primary amides is 1. The minimum Gasteiger partial charge on any atom is -0.481 e. The molecule has 2 aromatic carbocycles. The van der Waals surface area contributed by atoms with Crippen LogP contribution in [0, 0.1) is 11.8 Å². The van der Waals surface area contributed by atoms with Gasteiger partial charge in [0.2, 0.25) is 70.9 Å². The lowest BCUT2D eigenvalue weighted by atomic mass is 10.00. The van der Waals surface area contributed by atoms with Crippen LogP contribution in [0.15, 0.2) is 60.7 Å². The zero-order chi connectivity index (χ0) is 76.6. The monoisotopic (exact) mass is 1440 g/mol. The average Bonchev–Trinajstić information content (AvgIpc) is 0.862. The molecule has 12 amide bonds. The Balaban J connectivity index is 2.56. The number of rotatable bonds is 51. The predicted octanol–water partition coefficient (Wildman–Crippen LogP) is -1.25. The van der Waals surface area contributed by atoms with Gasteiger partial charge in [0.1, 0.15) is 60.4 Å². The standard InChI is InChI=1S/C68H104N14O20/c1-8-9-22-43(60(94)78-48(28-32-54(86)87)65(99)79-49(29-33-55(88)89)64(98)77-47(27-31-53(84)85)59(93)73-40(6)58(92)82-57(39(4)5)68(102)71-7)74-63(97)46(26-30-52(70)83)76-61(95)44(23-16-17-34-69)75-62(96)45(25-24-41-18-12-10-13-19-41)80-67(101)51(35-38(2)3)81-66(100)50(36-56(90)91)72-37-42-20-14-11-15-21-42/h10-15,18-21,38-40,43-51,57,72H,8-9,16-17,22-37,69H2,1-7H3,(H2,70,83)(H,71,102)(H,73,93)(H,74,97)(H,75,96)(H,76,95)(H,77,98)(H,78,94)(H,79,99)(H,80,101)(H,81,100)(H,82,92)(H,84,85)(H,86,87)(H,88,89)(H,90,91)/t40-,43-,44-,45+,46-,47-,48-,49-,50-,51-,57-/m0/s1. The van der Waals surface area contributed by atoms with Gasteiger partial charge < -0.3 is 95.7 Å². The van der Waals surface area contributed by atoms with Crippen LogP contribution in [0.5, 0.6) is 0 Å². The molecule has 102 heavy (non-hydrogen) atoms. The van der Waals surface area contributed by atoms with Gasteiger partial charge in [-0.2, -0.15) is 0 Å². The second kappa shape index (κ2) is 47.1. The fourth-order valence-electron chi connectivity index (χ4n) is 10.3. The number of amides is 12. The minimum atomic E-state index is -1.88. The maximum absolute atomic E-state index is 14.7. The quantitative estimate of drug-likeness (QED) is 0.0344. The van der Waals surface area contributed by atoms with Crippen LogP contribution < -0.4 is 75.3 Å². The van der Waals surface area contributed by atoms with Crippen molar-refractivity contribution in [1.82, 2.24) is 63.8 Å². The van der Waals surface area contributed by atoms with Gasteiger partial charge in [-0.15, -0.1) is 0 Å². The molecule has 0 unspecified atom stereocenters. The number of aryl methyl sites for hydroxylation is 1. The van der Waals surface area contributed by atoms with Crippen LogP contribution in [-0.2, 0) is 89.7 Å². The molecule has 0 aliphatic heterocycles. The largest absolute Gasteiger partial charge is 0.481 e. The van der Waals surface area contributed by atoms with E-state index in [2.05, 4.69) is 63.8 Å². The Bertz CT molecular complexity index is 3140. The third kappa shape index (κ3) is 34.8. The Morgan fingerprint density at radius 3 is 1.13 bits per heavy atom. The molecule has 0 bridgehead atoms. The van der Waals surface area contributed by atoms with Crippen molar-refractivity contribution in [2.24, 2.45) is 23.3 Å². The van der Waals surface area contributed by atoms with Crippen molar-refractivity contribution in [2.45, 2.75) is 230 Å². The first-order chi connectivity index (χ1) is 48.2. The lowest BCUT2D eigenvalue weighted by Crippen LogP contribution is -2.61. The van der Waals surface area contributed by atoms with Crippen LogP contribution in [0.2, 0.25) is 0 Å². The van der Waals surface area contributed by atoms with E-state index in [-0.39, 0.29) is 64.0 Å². The summed E-state index contributed by atoms with van der Waals surface area (Å²) in [5.41, 5.74) is 12.9. The third-order valence-corrected chi connectivity index (χ3v) is 16.1. The molecule has 0 heterocycles. The average molecular weight is 1440 g/mol. The summed E-state index contributed by atoms with van der Waals surface area (Å²) in [4.78, 5) is 214. The summed E-state index contributed by atoms with van der Waals surface area (Å²) in [7, 11) is 1.35. The highest BCUT2D eigenvalue weighted by atomic mass is 16.4. The van der Waals surface area contributed by atoms with E-state index < -0.39 is 225 Å². The van der Waals surface area contributed by atoms with E-state index in [1.54, 1.807) is 95.3 Å². The lowest BCUT2D eigenvalue weighted by molar-refractivity contribution is -0.140. The molecular weight excluding hydrogens is 1330 g/mol. The molecule has 0 saturated heterocycles. The fraction of sp³-hybridized carbons (Fsp3) is 0.588. The summed E-state index contributed by atoms with van der Waals surface area (Å²) >= 11 is 0. The molecule has 0 spiro atoms. The highest BCUT2D eigenvalue weighted by Crippen LogP contribution is 2.15. The first-order valence-electron chi connectivity index (χ1n) is 34.1. The van der Waals surface area contributed by atoms with Crippen LogP contribution in [0.25, 0.3) is 0 Å². The number of likely N-dealkylation sites (N-methyl/N-ethyl adjacent to an activating group) is 1. The molecule has 0 aliphatic carbocycles. The molecular formula is C68H104N14O20. The maximum atomic E-state index is 14.7. The summed E-state index contributed by atoms with van der Waals surface area (Å²) in [6, 6.07) is 1.07. The molecule has 0 saturated carbocycles. The van der Waals surface area contributed by atoms with Gasteiger partial charge in [0.15, 0.2) is 0 Å². The number of carbonyl (C=O) groups is 16. The molecule has 566 valence electrons. The Labute approximate surface area is 592 Å². The van der Waals surface area contributed by atoms with Gasteiger partial charge in [-0.1, -0.05) is 108 Å². The number of nitrogens with two attached hydrogens (primary N) is 2. The summed E-state index contributed by atoms with van der Waals surface area (Å²) in [6.07, 6.45) is -4.87. The molecule has 0 radical (unpaired) electrons. The molecule has 20 N–H and O–H groups in total. The zero-order valence-electron chi connectivity index (χ0n) is 58.9. The van der Waals surface area contributed by atoms with E-state index in [0.717, 1.165) is 11.1 Å². The van der Waals surface area contributed by atoms with Crippen LogP contribution >= 0.6 is 0 Å². The van der Waals surface area contributed by atoms with Crippen molar-refractivity contribution >= 4 is 94.8 Å². The van der Waals surface area contributed by atoms with Crippen molar-refractivity contribution in [3.05, 3.63) is 71.8 Å². The smallest absolute Gasteiger partial charge is 0.305 e. The maximum Gasteiger partial charge on any atom is 0.305 e. The van der Waals surface area contributed by atoms with Crippen LogP contribution in [0.4, 0.5) is 0 Å². The second-order valence-electron chi connectivity index (χ2n) is 25.5. The molecule has 0 aromatic heterocycles. The van der Waals surface area contributed by atoms with Crippen molar-refractivity contribution < 1.29 is 97.1 Å². The molecule has 0 aliphatic rings. The molecule has 2 aromatic rings. The molecule has 2 rings (SSSR count). The van der Waals surface area contributed by atoms with Gasteiger partial charge in [-0.3, -0.25) is 76.7 Å². The first kappa shape index (κ1) is 88.0. The number of benzene rings is 2. The molecule has 34 heteroatoms. The highest BCUT2D eigenvalue weighted by Gasteiger charge is 2.37. The first-order valence-corrected chi connectivity index (χ1v) is 34.1. The van der Waals surface area contributed by atoms with E-state index in [9.17, 15) is 97.1 Å². The molecule has 11 atom stereocenters. The van der Waals surface area contributed by atoms with Gasteiger partial charge in [0.25, 0.3) is 0 Å². The molecule has 0 fully saturated rings.